The molecule has 0 saturated carbocycles. The highest BCUT2D eigenvalue weighted by molar-refractivity contribution is 7.90. The Morgan fingerprint density at radius 2 is 1.78 bits per heavy atom. The maximum atomic E-state index is 11.5. The van der Waals surface area contributed by atoms with E-state index in [0.717, 1.165) is 6.26 Å². The van der Waals surface area contributed by atoms with Gasteiger partial charge in [-0.2, -0.15) is 0 Å². The van der Waals surface area contributed by atoms with E-state index in [-0.39, 0.29) is 17.1 Å². The Balaban J connectivity index is 2.74. The second kappa shape index (κ2) is 5.63. The van der Waals surface area contributed by atoms with Crippen LogP contribution in [-0.2, 0) is 19.4 Å². The monoisotopic (exact) mass is 271 g/mol. The smallest absolute Gasteiger partial charge is 0.338 e. The van der Waals surface area contributed by atoms with Crippen LogP contribution in [0.25, 0.3) is 0 Å². The SMILES string of the molecule is CNC(=O)COC(=O)c1ccc(S(C)(=O)=O)cc1. The van der Waals surface area contributed by atoms with E-state index in [1.54, 1.807) is 0 Å². The van der Waals surface area contributed by atoms with Crippen molar-refractivity contribution in [2.45, 2.75) is 4.90 Å². The summed E-state index contributed by atoms with van der Waals surface area (Å²) in [6.45, 7) is -0.372. The molecule has 0 heterocycles. The number of esters is 1. The van der Waals surface area contributed by atoms with Gasteiger partial charge in [0.2, 0.25) is 0 Å². The van der Waals surface area contributed by atoms with Crippen molar-refractivity contribution in [1.82, 2.24) is 5.32 Å². The van der Waals surface area contributed by atoms with Crippen molar-refractivity contribution in [2.75, 3.05) is 19.9 Å². The molecule has 1 aromatic carbocycles. The van der Waals surface area contributed by atoms with Gasteiger partial charge in [-0.05, 0) is 24.3 Å². The van der Waals surface area contributed by atoms with Crippen LogP contribution in [0.5, 0.6) is 0 Å². The molecule has 0 aliphatic rings. The molecule has 0 saturated heterocycles. The molecule has 0 aliphatic heterocycles. The first-order valence-electron chi connectivity index (χ1n) is 5.02. The summed E-state index contributed by atoms with van der Waals surface area (Å²) in [7, 11) is -1.86. The normalized spacial score (nSPS) is 10.8. The summed E-state index contributed by atoms with van der Waals surface area (Å²) in [6, 6.07) is 5.29. The molecule has 0 aromatic heterocycles. The summed E-state index contributed by atoms with van der Waals surface area (Å²) in [4.78, 5) is 22.5. The number of carbonyl (C=O) groups is 2. The molecule has 1 N–H and O–H groups in total. The van der Waals surface area contributed by atoms with E-state index in [0.29, 0.717) is 0 Å². The predicted molar refractivity (Wildman–Crippen MR) is 63.9 cm³/mol. The van der Waals surface area contributed by atoms with Crippen molar-refractivity contribution in [2.24, 2.45) is 0 Å². The summed E-state index contributed by atoms with van der Waals surface area (Å²) in [5, 5.41) is 2.31. The Bertz CT molecular complexity index is 547. The molecule has 98 valence electrons. The van der Waals surface area contributed by atoms with E-state index in [9.17, 15) is 18.0 Å². The van der Waals surface area contributed by atoms with Gasteiger partial charge in [-0.1, -0.05) is 0 Å². The molecule has 18 heavy (non-hydrogen) atoms. The lowest BCUT2D eigenvalue weighted by Crippen LogP contribution is -2.25. The second-order valence-electron chi connectivity index (χ2n) is 3.55. The molecule has 0 unspecified atom stereocenters. The minimum atomic E-state index is -3.29. The Morgan fingerprint density at radius 1 is 1.22 bits per heavy atom. The maximum Gasteiger partial charge on any atom is 0.338 e. The van der Waals surface area contributed by atoms with E-state index in [2.05, 4.69) is 5.32 Å². The summed E-state index contributed by atoms with van der Waals surface area (Å²) in [5.74, 6) is -1.10. The molecule has 1 amide bonds. The van der Waals surface area contributed by atoms with Gasteiger partial charge in [-0.3, -0.25) is 4.79 Å². The minimum Gasteiger partial charge on any atom is -0.452 e. The topological polar surface area (TPSA) is 89.5 Å². The van der Waals surface area contributed by atoms with Crippen LogP contribution in [0.2, 0.25) is 0 Å². The molecule has 1 aromatic rings. The number of hydrogen-bond donors (Lipinski definition) is 1. The number of amides is 1. The average molecular weight is 271 g/mol. The number of rotatable bonds is 4. The second-order valence-corrected chi connectivity index (χ2v) is 5.56. The Morgan fingerprint density at radius 3 is 2.22 bits per heavy atom. The molecule has 0 radical (unpaired) electrons. The number of carbonyl (C=O) groups excluding carboxylic acids is 2. The largest absolute Gasteiger partial charge is 0.452 e. The third kappa shape index (κ3) is 3.85. The van der Waals surface area contributed by atoms with Crippen molar-refractivity contribution >= 4 is 21.7 Å². The molecule has 0 fully saturated rings. The van der Waals surface area contributed by atoms with Crippen LogP contribution >= 0.6 is 0 Å². The van der Waals surface area contributed by atoms with Gasteiger partial charge in [0.15, 0.2) is 16.4 Å². The lowest BCUT2D eigenvalue weighted by Gasteiger charge is -2.04. The average Bonchev–Trinajstić information content (AvgIpc) is 2.34. The van der Waals surface area contributed by atoms with Crippen LogP contribution in [-0.4, -0.2) is 40.2 Å². The first-order valence-corrected chi connectivity index (χ1v) is 6.91. The molecular weight excluding hydrogens is 258 g/mol. The number of nitrogens with one attached hydrogen (secondary N) is 1. The third-order valence-electron chi connectivity index (χ3n) is 2.13. The van der Waals surface area contributed by atoms with Crippen LogP contribution in [0, 0.1) is 0 Å². The molecule has 7 heteroatoms. The minimum absolute atomic E-state index is 0.116. The van der Waals surface area contributed by atoms with E-state index in [1.165, 1.54) is 31.3 Å². The van der Waals surface area contributed by atoms with Gasteiger partial charge in [0.1, 0.15) is 0 Å². The first kappa shape index (κ1) is 14.2. The summed E-state index contributed by atoms with van der Waals surface area (Å²) in [6.07, 6.45) is 1.08. The van der Waals surface area contributed by atoms with Crippen molar-refractivity contribution in [3.05, 3.63) is 29.8 Å². The fraction of sp³-hybridized carbons (Fsp3) is 0.273. The van der Waals surface area contributed by atoms with Crippen molar-refractivity contribution in [3.8, 4) is 0 Å². The quantitative estimate of drug-likeness (QED) is 0.778. The highest BCUT2D eigenvalue weighted by atomic mass is 32.2. The lowest BCUT2D eigenvalue weighted by molar-refractivity contribution is -0.123. The van der Waals surface area contributed by atoms with Crippen molar-refractivity contribution < 1.29 is 22.7 Å². The van der Waals surface area contributed by atoms with Gasteiger partial charge in [0, 0.05) is 13.3 Å². The Labute approximate surface area is 105 Å². The maximum absolute atomic E-state index is 11.5. The molecule has 0 spiro atoms. The van der Waals surface area contributed by atoms with Crippen LogP contribution in [0.3, 0.4) is 0 Å². The fourth-order valence-corrected chi connectivity index (χ4v) is 1.76. The van der Waals surface area contributed by atoms with E-state index >= 15 is 0 Å². The molecule has 0 aliphatic carbocycles. The van der Waals surface area contributed by atoms with Crippen LogP contribution in [0.1, 0.15) is 10.4 Å². The predicted octanol–water partition coefficient (Wildman–Crippen LogP) is -0.00710. The highest BCUT2D eigenvalue weighted by Gasteiger charge is 2.11. The van der Waals surface area contributed by atoms with Crippen molar-refractivity contribution in [1.29, 1.82) is 0 Å². The molecule has 6 nitrogen and oxygen atoms in total. The molecule has 0 bridgehead atoms. The summed E-state index contributed by atoms with van der Waals surface area (Å²) in [5.41, 5.74) is 0.186. The Kier molecular flexibility index (Phi) is 4.43. The lowest BCUT2D eigenvalue weighted by atomic mass is 10.2. The number of hydrogen-bond acceptors (Lipinski definition) is 5. The number of benzene rings is 1. The van der Waals surface area contributed by atoms with E-state index in [4.69, 9.17) is 4.74 Å². The van der Waals surface area contributed by atoms with Gasteiger partial charge < -0.3 is 10.1 Å². The van der Waals surface area contributed by atoms with Gasteiger partial charge in [-0.15, -0.1) is 0 Å². The van der Waals surface area contributed by atoms with Gasteiger partial charge in [-0.25, -0.2) is 13.2 Å². The molecule has 0 atom stereocenters. The zero-order valence-corrected chi connectivity index (χ0v) is 10.8. The third-order valence-corrected chi connectivity index (χ3v) is 3.26. The zero-order valence-electron chi connectivity index (χ0n) is 9.97. The number of sulfone groups is 1. The number of likely N-dealkylation sites (N-methyl/N-ethyl adjacent to an activating group) is 1. The summed E-state index contributed by atoms with van der Waals surface area (Å²) >= 11 is 0. The summed E-state index contributed by atoms with van der Waals surface area (Å²) < 4.78 is 27.1. The van der Waals surface area contributed by atoms with Gasteiger partial charge in [0.05, 0.1) is 10.5 Å². The Hall–Kier alpha value is -1.89. The van der Waals surface area contributed by atoms with Crippen LogP contribution in [0.4, 0.5) is 0 Å². The van der Waals surface area contributed by atoms with E-state index < -0.39 is 21.7 Å². The van der Waals surface area contributed by atoms with Crippen LogP contribution in [0.15, 0.2) is 29.2 Å². The van der Waals surface area contributed by atoms with Gasteiger partial charge in [0.25, 0.3) is 5.91 Å². The standard InChI is InChI=1S/C11H13NO5S/c1-12-10(13)7-17-11(14)8-3-5-9(6-4-8)18(2,15)16/h3-6H,7H2,1-2H3,(H,12,13). The van der Waals surface area contributed by atoms with E-state index in [1.807, 2.05) is 0 Å². The molecular formula is C11H13NO5S. The highest BCUT2D eigenvalue weighted by Crippen LogP contribution is 2.11. The van der Waals surface area contributed by atoms with Crippen LogP contribution < -0.4 is 5.32 Å². The van der Waals surface area contributed by atoms with Gasteiger partial charge >= 0.3 is 5.97 Å². The molecule has 1 rings (SSSR count). The number of ether oxygens (including phenoxy) is 1. The zero-order chi connectivity index (χ0) is 13.8. The fourth-order valence-electron chi connectivity index (χ4n) is 1.12. The first-order chi connectivity index (χ1) is 8.34. The van der Waals surface area contributed by atoms with Crippen molar-refractivity contribution in [3.63, 3.8) is 0 Å².